The van der Waals surface area contributed by atoms with E-state index in [1.807, 2.05) is 0 Å². The average Bonchev–Trinajstić information content (AvgIpc) is 2.93. The second-order valence-electron chi connectivity index (χ2n) is 6.26. The van der Waals surface area contributed by atoms with E-state index >= 15 is 0 Å². The lowest BCUT2D eigenvalue weighted by molar-refractivity contribution is -0.137. The summed E-state index contributed by atoms with van der Waals surface area (Å²) in [6.45, 7) is 2.25. The molecule has 0 saturated heterocycles. The lowest BCUT2D eigenvalue weighted by Gasteiger charge is -2.13. The van der Waals surface area contributed by atoms with Crippen molar-refractivity contribution >= 4 is 5.97 Å². The molecule has 0 aromatic rings. The van der Waals surface area contributed by atoms with Gasteiger partial charge < -0.3 is 5.11 Å². The van der Waals surface area contributed by atoms with Crippen molar-refractivity contribution in [3.05, 3.63) is 36.5 Å². The van der Waals surface area contributed by atoms with Gasteiger partial charge in [0.25, 0.3) is 0 Å². The highest BCUT2D eigenvalue weighted by molar-refractivity contribution is 5.66. The Bertz CT molecular complexity index is 379. The third-order valence-electron chi connectivity index (χ3n) is 4.29. The van der Waals surface area contributed by atoms with Crippen LogP contribution in [0, 0.1) is 11.8 Å². The molecule has 2 atom stereocenters. The number of carboxylic acid groups (broad SMARTS) is 1. The Balaban J connectivity index is 2.16. The van der Waals surface area contributed by atoms with Gasteiger partial charge in [0.1, 0.15) is 0 Å². The minimum absolute atomic E-state index is 0.275. The van der Waals surface area contributed by atoms with Crippen molar-refractivity contribution in [2.24, 2.45) is 11.8 Å². The third-order valence-corrected chi connectivity index (χ3v) is 4.29. The quantitative estimate of drug-likeness (QED) is 0.359. The summed E-state index contributed by atoms with van der Waals surface area (Å²) in [7, 11) is 0. The average molecular weight is 304 g/mol. The number of aliphatic carboxylic acids is 1. The molecule has 0 aliphatic heterocycles. The van der Waals surface area contributed by atoms with E-state index in [4.69, 9.17) is 5.11 Å². The smallest absolute Gasteiger partial charge is 0.303 e. The zero-order chi connectivity index (χ0) is 16.0. The number of carbonyl (C=O) groups is 1. The fourth-order valence-electron chi connectivity index (χ4n) is 2.90. The highest BCUT2D eigenvalue weighted by atomic mass is 16.4. The second-order valence-corrected chi connectivity index (χ2v) is 6.26. The fraction of sp³-hybridized carbons (Fsp3) is 0.650. The van der Waals surface area contributed by atoms with Crippen LogP contribution in [0.4, 0.5) is 0 Å². The highest BCUT2D eigenvalue weighted by Gasteiger charge is 2.18. The van der Waals surface area contributed by atoms with Crippen molar-refractivity contribution in [3.63, 3.8) is 0 Å². The molecule has 0 radical (unpaired) electrons. The van der Waals surface area contributed by atoms with Gasteiger partial charge in [-0.25, -0.2) is 0 Å². The monoisotopic (exact) mass is 304 g/mol. The van der Waals surface area contributed by atoms with Crippen LogP contribution < -0.4 is 0 Å². The molecule has 0 aromatic heterocycles. The summed E-state index contributed by atoms with van der Waals surface area (Å²) in [6.07, 6.45) is 24.5. The summed E-state index contributed by atoms with van der Waals surface area (Å²) in [6, 6.07) is 0. The molecular formula is C20H32O2. The van der Waals surface area contributed by atoms with Crippen LogP contribution in [-0.4, -0.2) is 11.1 Å². The molecule has 0 heterocycles. The predicted molar refractivity (Wildman–Crippen MR) is 93.9 cm³/mol. The standard InChI is InChI=1S/C20H32O2/c1-2-3-4-5-6-9-13-18-15-12-16-19(18)14-10-7-8-11-17-20(21)22/h7,9-10,12-13,16,18-19H,2-6,8,11,14-15,17H2,1H3,(H,21,22)/t18-,19-/m0/s1. The van der Waals surface area contributed by atoms with Gasteiger partial charge in [0.2, 0.25) is 0 Å². The van der Waals surface area contributed by atoms with Crippen LogP contribution >= 0.6 is 0 Å². The van der Waals surface area contributed by atoms with Gasteiger partial charge in [-0.15, -0.1) is 0 Å². The molecule has 0 bridgehead atoms. The number of hydrogen-bond acceptors (Lipinski definition) is 1. The van der Waals surface area contributed by atoms with E-state index in [0.717, 1.165) is 19.3 Å². The summed E-state index contributed by atoms with van der Waals surface area (Å²) in [4.78, 5) is 10.4. The molecule has 22 heavy (non-hydrogen) atoms. The maximum Gasteiger partial charge on any atom is 0.303 e. The van der Waals surface area contributed by atoms with E-state index in [-0.39, 0.29) is 6.42 Å². The molecule has 0 saturated carbocycles. The van der Waals surface area contributed by atoms with Crippen molar-refractivity contribution in [2.45, 2.75) is 71.1 Å². The van der Waals surface area contributed by atoms with E-state index in [9.17, 15) is 4.79 Å². The van der Waals surface area contributed by atoms with Crippen LogP contribution in [0.2, 0.25) is 0 Å². The number of rotatable bonds is 12. The maximum absolute atomic E-state index is 10.4. The van der Waals surface area contributed by atoms with Gasteiger partial charge in [-0.2, -0.15) is 0 Å². The van der Waals surface area contributed by atoms with Crippen LogP contribution in [0.3, 0.4) is 0 Å². The number of allylic oxidation sites excluding steroid dienone is 6. The summed E-state index contributed by atoms with van der Waals surface area (Å²) >= 11 is 0. The first-order valence-electron chi connectivity index (χ1n) is 8.94. The predicted octanol–water partition coefficient (Wildman–Crippen LogP) is 5.91. The number of hydrogen-bond donors (Lipinski definition) is 1. The topological polar surface area (TPSA) is 37.3 Å². The van der Waals surface area contributed by atoms with Crippen molar-refractivity contribution in [1.82, 2.24) is 0 Å². The van der Waals surface area contributed by atoms with Crippen LogP contribution in [0.25, 0.3) is 0 Å². The zero-order valence-corrected chi connectivity index (χ0v) is 14.0. The minimum Gasteiger partial charge on any atom is -0.481 e. The molecule has 0 unspecified atom stereocenters. The van der Waals surface area contributed by atoms with E-state index in [2.05, 4.69) is 43.4 Å². The van der Waals surface area contributed by atoms with Gasteiger partial charge in [-0.05, 0) is 50.4 Å². The zero-order valence-electron chi connectivity index (χ0n) is 14.0. The maximum atomic E-state index is 10.4. The van der Waals surface area contributed by atoms with Crippen LogP contribution in [-0.2, 0) is 4.79 Å². The Kier molecular flexibility index (Phi) is 10.4. The second kappa shape index (κ2) is 12.3. The molecule has 1 aliphatic carbocycles. The molecule has 1 aliphatic rings. The van der Waals surface area contributed by atoms with Crippen LogP contribution in [0.1, 0.15) is 71.1 Å². The van der Waals surface area contributed by atoms with Crippen molar-refractivity contribution in [1.29, 1.82) is 0 Å². The summed E-state index contributed by atoms with van der Waals surface area (Å²) in [5.41, 5.74) is 0. The van der Waals surface area contributed by atoms with Crippen molar-refractivity contribution in [2.75, 3.05) is 0 Å². The summed E-state index contributed by atoms with van der Waals surface area (Å²) < 4.78 is 0. The summed E-state index contributed by atoms with van der Waals surface area (Å²) in [5, 5.41) is 8.59. The molecule has 1 N–H and O–H groups in total. The normalized spacial score (nSPS) is 21.3. The number of carboxylic acids is 1. The fourth-order valence-corrected chi connectivity index (χ4v) is 2.90. The molecule has 1 rings (SSSR count). The molecule has 2 heteroatoms. The highest BCUT2D eigenvalue weighted by Crippen LogP contribution is 2.29. The SMILES string of the molecule is CCCCCCC=C[C@H]1CC=C[C@@H]1CC=CCCCC(=O)O. The van der Waals surface area contributed by atoms with E-state index in [0.29, 0.717) is 11.8 Å². The molecule has 0 spiro atoms. The van der Waals surface area contributed by atoms with Gasteiger partial charge in [-0.1, -0.05) is 62.6 Å². The van der Waals surface area contributed by atoms with E-state index in [1.54, 1.807) is 0 Å². The van der Waals surface area contributed by atoms with Crippen LogP contribution in [0.5, 0.6) is 0 Å². The Hall–Kier alpha value is -1.31. The molecule has 0 aromatic carbocycles. The Labute approximate surface area is 136 Å². The largest absolute Gasteiger partial charge is 0.481 e. The Morgan fingerprint density at radius 2 is 1.95 bits per heavy atom. The lowest BCUT2D eigenvalue weighted by atomic mass is 9.91. The first-order valence-corrected chi connectivity index (χ1v) is 8.94. The van der Waals surface area contributed by atoms with E-state index < -0.39 is 5.97 Å². The van der Waals surface area contributed by atoms with Gasteiger partial charge in [-0.3, -0.25) is 4.79 Å². The molecule has 0 fully saturated rings. The van der Waals surface area contributed by atoms with Gasteiger partial charge in [0.05, 0.1) is 0 Å². The molecule has 0 amide bonds. The first-order chi connectivity index (χ1) is 10.7. The van der Waals surface area contributed by atoms with Gasteiger partial charge in [0.15, 0.2) is 0 Å². The van der Waals surface area contributed by atoms with Gasteiger partial charge in [0, 0.05) is 6.42 Å². The Morgan fingerprint density at radius 1 is 1.14 bits per heavy atom. The minimum atomic E-state index is -0.698. The number of unbranched alkanes of at least 4 members (excludes halogenated alkanes) is 5. The molecule has 124 valence electrons. The molecular weight excluding hydrogens is 272 g/mol. The first kappa shape index (κ1) is 18.7. The van der Waals surface area contributed by atoms with Crippen molar-refractivity contribution < 1.29 is 9.90 Å². The van der Waals surface area contributed by atoms with Crippen molar-refractivity contribution in [3.8, 4) is 0 Å². The summed E-state index contributed by atoms with van der Waals surface area (Å²) in [5.74, 6) is 0.591. The third kappa shape index (κ3) is 8.86. The van der Waals surface area contributed by atoms with Gasteiger partial charge >= 0.3 is 5.97 Å². The lowest BCUT2D eigenvalue weighted by Crippen LogP contribution is -2.04. The van der Waals surface area contributed by atoms with Crippen LogP contribution in [0.15, 0.2) is 36.5 Å². The molecule has 2 nitrogen and oxygen atoms in total. The Morgan fingerprint density at radius 3 is 2.73 bits per heavy atom. The van der Waals surface area contributed by atoms with E-state index in [1.165, 1.54) is 38.5 Å².